The molecule has 0 radical (unpaired) electrons. The number of oxime groups is 1. The van der Waals surface area contributed by atoms with E-state index in [0.29, 0.717) is 11.3 Å². The van der Waals surface area contributed by atoms with Gasteiger partial charge in [0.25, 0.3) is 0 Å². The summed E-state index contributed by atoms with van der Waals surface area (Å²) in [5.41, 5.74) is 0.587. The van der Waals surface area contributed by atoms with E-state index < -0.39 is 0 Å². The summed E-state index contributed by atoms with van der Waals surface area (Å²) in [6.45, 7) is 0. The molecule has 0 spiro atoms. The minimum absolute atomic E-state index is 0.0192. The molecule has 0 aliphatic heterocycles. The van der Waals surface area contributed by atoms with Gasteiger partial charge in [-0.1, -0.05) is 32.7 Å². The van der Waals surface area contributed by atoms with Crippen molar-refractivity contribution in [1.29, 1.82) is 0 Å². The Morgan fingerprint density at radius 3 is 2.85 bits per heavy atom. The third-order valence-corrected chi connectivity index (χ3v) is 2.45. The van der Waals surface area contributed by atoms with E-state index in [2.05, 4.69) is 21.1 Å². The Morgan fingerprint density at radius 1 is 1.62 bits per heavy atom. The monoisotopic (exact) mass is 263 g/mol. The molecule has 0 aromatic heterocycles. The van der Waals surface area contributed by atoms with E-state index in [0.717, 1.165) is 4.47 Å². The number of hydrogen-bond acceptors (Lipinski definition) is 3. The lowest BCUT2D eigenvalue weighted by Crippen LogP contribution is -1.94. The molecule has 1 aromatic carbocycles. The highest BCUT2D eigenvalue weighted by Crippen LogP contribution is 2.24. The first-order chi connectivity index (χ1) is 6.19. The summed E-state index contributed by atoms with van der Waals surface area (Å²) in [4.78, 5) is 0. The van der Waals surface area contributed by atoms with Crippen molar-refractivity contribution in [3.63, 3.8) is 0 Å². The van der Waals surface area contributed by atoms with Crippen LogP contribution in [0.5, 0.6) is 5.75 Å². The molecule has 70 valence electrons. The Labute approximate surface area is 89.1 Å². The van der Waals surface area contributed by atoms with Gasteiger partial charge in [-0.25, -0.2) is 0 Å². The minimum Gasteiger partial charge on any atom is -0.497 e. The van der Waals surface area contributed by atoms with Crippen molar-refractivity contribution < 1.29 is 9.94 Å². The van der Waals surface area contributed by atoms with Gasteiger partial charge in [-0.15, -0.1) is 0 Å². The number of ether oxygens (including phenoxy) is 1. The number of halogens is 2. The highest BCUT2D eigenvalue weighted by molar-refractivity contribution is 9.10. The lowest BCUT2D eigenvalue weighted by atomic mass is 10.2. The average Bonchev–Trinajstić information content (AvgIpc) is 2.17. The van der Waals surface area contributed by atoms with E-state index in [1.165, 1.54) is 0 Å². The van der Waals surface area contributed by atoms with Gasteiger partial charge in [0, 0.05) is 10.0 Å². The molecule has 0 saturated heterocycles. The van der Waals surface area contributed by atoms with E-state index in [1.54, 1.807) is 25.3 Å². The van der Waals surface area contributed by atoms with E-state index in [4.69, 9.17) is 21.5 Å². The molecule has 0 aliphatic carbocycles. The van der Waals surface area contributed by atoms with Gasteiger partial charge in [0.05, 0.1) is 7.11 Å². The molecule has 13 heavy (non-hydrogen) atoms. The highest BCUT2D eigenvalue weighted by atomic mass is 79.9. The van der Waals surface area contributed by atoms with Crippen molar-refractivity contribution in [1.82, 2.24) is 0 Å². The molecule has 0 heterocycles. The van der Waals surface area contributed by atoms with Crippen LogP contribution >= 0.6 is 27.5 Å². The van der Waals surface area contributed by atoms with E-state index in [9.17, 15) is 0 Å². The third-order valence-electron chi connectivity index (χ3n) is 1.48. The molecule has 0 unspecified atom stereocenters. The molecule has 5 heteroatoms. The molecule has 1 rings (SSSR count). The van der Waals surface area contributed by atoms with E-state index >= 15 is 0 Å². The summed E-state index contributed by atoms with van der Waals surface area (Å²) >= 11 is 8.91. The maximum Gasteiger partial charge on any atom is 0.176 e. The van der Waals surface area contributed by atoms with Crippen LogP contribution in [0.3, 0.4) is 0 Å². The van der Waals surface area contributed by atoms with E-state index in [-0.39, 0.29) is 5.17 Å². The summed E-state index contributed by atoms with van der Waals surface area (Å²) in [5.74, 6) is 0.653. The van der Waals surface area contributed by atoms with Gasteiger partial charge in [0.1, 0.15) is 5.75 Å². The Bertz CT molecular complexity index is 341. The van der Waals surface area contributed by atoms with Gasteiger partial charge in [-0.05, 0) is 18.2 Å². The number of nitrogens with zero attached hydrogens (tertiary/aromatic N) is 1. The van der Waals surface area contributed by atoms with Gasteiger partial charge in [0.2, 0.25) is 0 Å². The normalized spacial score (nSPS) is 11.5. The average molecular weight is 265 g/mol. The Morgan fingerprint density at radius 2 is 2.31 bits per heavy atom. The van der Waals surface area contributed by atoms with Crippen LogP contribution in [-0.4, -0.2) is 17.5 Å². The lowest BCUT2D eigenvalue weighted by molar-refractivity contribution is 0.321. The quantitative estimate of drug-likeness (QED) is 0.507. The molecule has 0 saturated carbocycles. The number of hydrogen-bond donors (Lipinski definition) is 1. The number of methoxy groups -OCH3 is 1. The van der Waals surface area contributed by atoms with Gasteiger partial charge < -0.3 is 9.94 Å². The number of benzene rings is 1. The molecule has 3 nitrogen and oxygen atoms in total. The van der Waals surface area contributed by atoms with Crippen molar-refractivity contribution in [2.75, 3.05) is 7.11 Å². The zero-order valence-electron chi connectivity index (χ0n) is 6.79. The largest absolute Gasteiger partial charge is 0.497 e. The fourth-order valence-corrected chi connectivity index (χ4v) is 1.55. The minimum atomic E-state index is 0.0192. The molecular formula is C8H7BrClNO2. The van der Waals surface area contributed by atoms with Crippen LogP contribution in [0.15, 0.2) is 27.8 Å². The van der Waals surface area contributed by atoms with Gasteiger partial charge in [-0.3, -0.25) is 0 Å². The van der Waals surface area contributed by atoms with E-state index in [1.807, 2.05) is 0 Å². The van der Waals surface area contributed by atoms with Crippen LogP contribution in [0.2, 0.25) is 0 Å². The molecule has 1 N–H and O–H groups in total. The van der Waals surface area contributed by atoms with Crippen LogP contribution in [0.1, 0.15) is 5.56 Å². The predicted molar refractivity (Wildman–Crippen MR) is 54.9 cm³/mol. The summed E-state index contributed by atoms with van der Waals surface area (Å²) in [6, 6.07) is 5.21. The molecule has 0 amide bonds. The van der Waals surface area contributed by atoms with Crippen LogP contribution in [0.25, 0.3) is 0 Å². The Balaban J connectivity index is 3.19. The van der Waals surface area contributed by atoms with Crippen LogP contribution in [0, 0.1) is 0 Å². The smallest absolute Gasteiger partial charge is 0.176 e. The van der Waals surface area contributed by atoms with Crippen LogP contribution < -0.4 is 4.74 Å². The fraction of sp³-hybridized carbons (Fsp3) is 0.125. The molecule has 0 aliphatic rings. The fourth-order valence-electron chi connectivity index (χ4n) is 0.843. The standard InChI is InChI=1S/C8H7BrClNO2/c1-13-5-2-3-7(9)6(4-5)8(10)11-12/h2-4,12H,1H3/b11-8-. The first-order valence-corrected chi connectivity index (χ1v) is 4.57. The summed E-state index contributed by atoms with van der Waals surface area (Å²) in [5, 5.41) is 11.4. The molecule has 1 aromatic rings. The SMILES string of the molecule is COc1ccc(Br)c(/C(Cl)=N/O)c1. The predicted octanol–water partition coefficient (Wildman–Crippen LogP) is 2.83. The van der Waals surface area contributed by atoms with Crippen LogP contribution in [-0.2, 0) is 0 Å². The Kier molecular flexibility index (Phi) is 3.57. The van der Waals surface area contributed by atoms with Crippen molar-refractivity contribution in [3.05, 3.63) is 28.2 Å². The van der Waals surface area contributed by atoms with Gasteiger partial charge >= 0.3 is 0 Å². The third kappa shape index (κ3) is 2.35. The van der Waals surface area contributed by atoms with Crippen molar-refractivity contribution >= 4 is 32.7 Å². The summed E-state index contributed by atoms with van der Waals surface area (Å²) < 4.78 is 5.73. The highest BCUT2D eigenvalue weighted by Gasteiger charge is 2.07. The molecule has 0 fully saturated rings. The van der Waals surface area contributed by atoms with Gasteiger partial charge in [0.15, 0.2) is 5.17 Å². The van der Waals surface area contributed by atoms with Crippen molar-refractivity contribution in [2.24, 2.45) is 5.16 Å². The second-order valence-electron chi connectivity index (χ2n) is 2.24. The maximum absolute atomic E-state index is 8.47. The molecule has 0 bridgehead atoms. The Hall–Kier alpha value is -0.740. The first kappa shape index (κ1) is 10.3. The molecular weight excluding hydrogens is 257 g/mol. The maximum atomic E-state index is 8.47. The van der Waals surface area contributed by atoms with Crippen molar-refractivity contribution in [3.8, 4) is 5.75 Å². The van der Waals surface area contributed by atoms with Crippen molar-refractivity contribution in [2.45, 2.75) is 0 Å². The summed E-state index contributed by atoms with van der Waals surface area (Å²) in [7, 11) is 1.55. The molecule has 0 atom stereocenters. The van der Waals surface area contributed by atoms with Crippen LogP contribution in [0.4, 0.5) is 0 Å². The second-order valence-corrected chi connectivity index (χ2v) is 3.45. The summed E-state index contributed by atoms with van der Waals surface area (Å²) in [6.07, 6.45) is 0. The zero-order chi connectivity index (χ0) is 9.84. The second kappa shape index (κ2) is 4.48. The number of rotatable bonds is 2. The zero-order valence-corrected chi connectivity index (χ0v) is 9.13. The topological polar surface area (TPSA) is 41.8 Å². The van der Waals surface area contributed by atoms with Gasteiger partial charge in [-0.2, -0.15) is 0 Å². The lowest BCUT2D eigenvalue weighted by Gasteiger charge is -2.04. The first-order valence-electron chi connectivity index (χ1n) is 3.40.